The molecule has 0 aliphatic rings. The van der Waals surface area contributed by atoms with Crippen molar-refractivity contribution in [3.63, 3.8) is 0 Å². The van der Waals surface area contributed by atoms with Gasteiger partial charge in [0.25, 0.3) is 20.4 Å². The Bertz CT molecular complexity index is 117. The molecule has 0 bridgehead atoms. The van der Waals surface area contributed by atoms with Crippen LogP contribution in [0.5, 0.6) is 0 Å². The quantitative estimate of drug-likeness (QED) is 0.448. The Morgan fingerprint density at radius 2 is 0.800 bits per heavy atom. The van der Waals surface area contributed by atoms with Gasteiger partial charge in [-0.05, 0) is 37.7 Å². The molecule has 6 radical (unpaired) electrons. The summed E-state index contributed by atoms with van der Waals surface area (Å²) in [6.45, 7) is 20.4. The van der Waals surface area contributed by atoms with E-state index >= 15 is 0 Å². The van der Waals surface area contributed by atoms with E-state index in [1.54, 1.807) is 18.5 Å². The van der Waals surface area contributed by atoms with Crippen molar-refractivity contribution in [2.24, 2.45) is 0 Å². The Hall–Kier alpha value is 0.0634. The van der Waals surface area contributed by atoms with E-state index in [2.05, 4.69) is 41.1 Å². The second-order valence-electron chi connectivity index (χ2n) is 3.90. The zero-order chi connectivity index (χ0) is 15.9. The summed E-state index contributed by atoms with van der Waals surface area (Å²) in [6, 6.07) is 0. The van der Waals surface area contributed by atoms with Crippen molar-refractivity contribution in [2.45, 2.75) is 59.3 Å². The minimum Gasteiger partial charge on any atom is -0.281 e. The fourth-order valence-electron chi connectivity index (χ4n) is 1.48. The van der Waals surface area contributed by atoms with E-state index in [-0.39, 0.29) is 19.5 Å². The van der Waals surface area contributed by atoms with Gasteiger partial charge in [-0.3, -0.25) is 14.4 Å². The van der Waals surface area contributed by atoms with Crippen molar-refractivity contribution in [2.75, 3.05) is 18.5 Å². The van der Waals surface area contributed by atoms with E-state index in [4.69, 9.17) is 14.4 Å². The second-order valence-corrected chi connectivity index (χ2v) is 6.59. The van der Waals surface area contributed by atoms with Crippen molar-refractivity contribution in [1.82, 2.24) is 0 Å². The van der Waals surface area contributed by atoms with Crippen LogP contribution in [0, 0.1) is 0 Å². The van der Waals surface area contributed by atoms with Crippen LogP contribution in [0.2, 0.25) is 0 Å². The Balaban J connectivity index is -0.0000000940. The summed E-state index contributed by atoms with van der Waals surface area (Å²) < 4.78 is 0. The molecular formula is C15H27O3PRu. The largest absolute Gasteiger partial charge is 0.281 e. The molecule has 0 amide bonds. The molecule has 0 spiro atoms. The van der Waals surface area contributed by atoms with Gasteiger partial charge in [-0.25, -0.2) is 0 Å². The molecule has 0 heterocycles. The molecule has 20 heavy (non-hydrogen) atoms. The maximum atomic E-state index is 7.50. The average molecular weight is 387 g/mol. The van der Waals surface area contributed by atoms with Gasteiger partial charge >= 0.3 is 0 Å². The first-order valence-electron chi connectivity index (χ1n) is 6.68. The van der Waals surface area contributed by atoms with Gasteiger partial charge in [-0.15, -0.1) is 7.92 Å². The summed E-state index contributed by atoms with van der Waals surface area (Å²) >= 11 is 0. The van der Waals surface area contributed by atoms with Crippen molar-refractivity contribution < 1.29 is 33.9 Å². The zero-order valence-electron chi connectivity index (χ0n) is 12.9. The molecule has 5 heteroatoms. The maximum Gasteiger partial charge on any atom is 0.281 e. The predicted molar refractivity (Wildman–Crippen MR) is 83.3 cm³/mol. The van der Waals surface area contributed by atoms with Crippen molar-refractivity contribution >= 4 is 28.3 Å². The van der Waals surface area contributed by atoms with Crippen molar-refractivity contribution in [3.05, 3.63) is 0 Å². The molecule has 118 valence electrons. The van der Waals surface area contributed by atoms with E-state index in [1.807, 2.05) is 0 Å². The third kappa shape index (κ3) is 36.1. The summed E-state index contributed by atoms with van der Waals surface area (Å²) in [5.41, 5.74) is 0. The van der Waals surface area contributed by atoms with Gasteiger partial charge in [0.05, 0.1) is 0 Å². The number of carbonyl (C=O) groups excluding carboxylic acids is 3. The van der Waals surface area contributed by atoms with Crippen molar-refractivity contribution in [3.8, 4) is 0 Å². The SMILES string of the molecule is CCCCP(CCCC)CCCC.[C]=O.[C]=O.[C]=O.[Ru]. The second kappa shape index (κ2) is 42.7. The molecule has 0 aliphatic carbocycles. The summed E-state index contributed by atoms with van der Waals surface area (Å²) in [4.78, 5) is 22.5. The van der Waals surface area contributed by atoms with Gasteiger partial charge < -0.3 is 0 Å². The van der Waals surface area contributed by atoms with E-state index in [9.17, 15) is 0 Å². The van der Waals surface area contributed by atoms with Crippen LogP contribution in [-0.2, 0) is 33.9 Å². The molecule has 0 unspecified atom stereocenters. The number of hydrogen-bond donors (Lipinski definition) is 0. The average Bonchev–Trinajstić information content (AvgIpc) is 2.52. The first-order valence-corrected chi connectivity index (χ1v) is 8.58. The van der Waals surface area contributed by atoms with Crippen LogP contribution in [0.1, 0.15) is 59.3 Å². The van der Waals surface area contributed by atoms with E-state index < -0.39 is 0 Å². The minimum atomic E-state index is 0. The van der Waals surface area contributed by atoms with Crippen LogP contribution in [-0.4, -0.2) is 38.9 Å². The molecule has 0 fully saturated rings. The molecule has 0 saturated carbocycles. The fourth-order valence-corrected chi connectivity index (χ4v) is 4.44. The van der Waals surface area contributed by atoms with Gasteiger partial charge in [0.15, 0.2) is 0 Å². The molecule has 0 aromatic rings. The van der Waals surface area contributed by atoms with Crippen LogP contribution < -0.4 is 0 Å². The molecule has 0 aliphatic heterocycles. The molecule has 0 rings (SSSR count). The maximum absolute atomic E-state index is 7.50. The van der Waals surface area contributed by atoms with Gasteiger partial charge in [0.2, 0.25) is 0 Å². The number of unbranched alkanes of at least 4 members (excludes halogenated alkanes) is 3. The Labute approximate surface area is 140 Å². The van der Waals surface area contributed by atoms with Crippen LogP contribution in [0.3, 0.4) is 0 Å². The third-order valence-electron chi connectivity index (χ3n) is 2.48. The smallest absolute Gasteiger partial charge is 0.281 e. The molecule has 0 atom stereocenters. The Morgan fingerprint density at radius 3 is 0.950 bits per heavy atom. The van der Waals surface area contributed by atoms with Crippen molar-refractivity contribution in [1.29, 1.82) is 0 Å². The molecule has 0 saturated heterocycles. The molecule has 0 aromatic carbocycles. The van der Waals surface area contributed by atoms with Gasteiger partial charge in [0, 0.05) is 19.5 Å². The summed E-state index contributed by atoms with van der Waals surface area (Å²) in [5.74, 6) is 0. The van der Waals surface area contributed by atoms with Gasteiger partial charge in [-0.1, -0.05) is 40.0 Å². The summed E-state index contributed by atoms with van der Waals surface area (Å²) in [5, 5.41) is 0. The molecular weight excluding hydrogens is 360 g/mol. The topological polar surface area (TPSA) is 51.2 Å². The standard InChI is InChI=1S/C12H27P.3CO.Ru/c1-4-7-10-13(11-8-5-2)12-9-6-3;3*1-2;/h4-12H2,1-3H3;;;;. The summed E-state index contributed by atoms with van der Waals surface area (Å²) in [7, 11) is 0.422. The first-order chi connectivity index (χ1) is 9.35. The zero-order valence-corrected chi connectivity index (χ0v) is 15.5. The van der Waals surface area contributed by atoms with E-state index in [0.717, 1.165) is 0 Å². The third-order valence-corrected chi connectivity index (χ3v) is 5.33. The minimum absolute atomic E-state index is 0. The predicted octanol–water partition coefficient (Wildman–Crippen LogP) is 3.67. The van der Waals surface area contributed by atoms with Gasteiger partial charge in [0.1, 0.15) is 0 Å². The Morgan fingerprint density at radius 1 is 0.600 bits per heavy atom. The van der Waals surface area contributed by atoms with Crippen LogP contribution in [0.4, 0.5) is 0 Å². The first kappa shape index (κ1) is 32.1. The van der Waals surface area contributed by atoms with Gasteiger partial charge in [-0.2, -0.15) is 0 Å². The van der Waals surface area contributed by atoms with Crippen LogP contribution >= 0.6 is 7.92 Å². The number of rotatable bonds is 9. The number of hydrogen-bond acceptors (Lipinski definition) is 3. The molecule has 0 aromatic heterocycles. The van der Waals surface area contributed by atoms with Crippen LogP contribution in [0.15, 0.2) is 0 Å². The Kier molecular flexibility index (Phi) is 68.7. The normalized spacial score (nSPS) is 7.80. The van der Waals surface area contributed by atoms with E-state index in [0.29, 0.717) is 7.92 Å². The molecule has 3 nitrogen and oxygen atoms in total. The van der Waals surface area contributed by atoms with Crippen LogP contribution in [0.25, 0.3) is 0 Å². The molecule has 0 N–H and O–H groups in total. The van der Waals surface area contributed by atoms with E-state index in [1.165, 1.54) is 38.5 Å². The summed E-state index contributed by atoms with van der Waals surface area (Å²) in [6.07, 6.45) is 13.2. The monoisotopic (exact) mass is 388 g/mol. The fraction of sp³-hybridized carbons (Fsp3) is 0.800.